The van der Waals surface area contributed by atoms with Gasteiger partial charge in [-0.15, -0.1) is 0 Å². The molecule has 0 aliphatic rings. The minimum absolute atomic E-state index is 0.182. The summed E-state index contributed by atoms with van der Waals surface area (Å²) in [6, 6.07) is 6.59. The molecular formula is C16H18FNO4S. The summed E-state index contributed by atoms with van der Waals surface area (Å²) in [4.78, 5) is 11.7. The van der Waals surface area contributed by atoms with E-state index < -0.39 is 27.6 Å². The molecule has 0 fully saturated rings. The van der Waals surface area contributed by atoms with E-state index in [1.807, 2.05) is 6.92 Å². The van der Waals surface area contributed by atoms with Gasteiger partial charge in [-0.2, -0.15) is 0 Å². The molecule has 1 heterocycles. The number of hydrogen-bond donors (Lipinski definition) is 1. The molecule has 1 atom stereocenters. The van der Waals surface area contributed by atoms with Gasteiger partial charge in [-0.25, -0.2) is 12.8 Å². The van der Waals surface area contributed by atoms with Crippen molar-refractivity contribution in [2.45, 2.75) is 31.2 Å². The van der Waals surface area contributed by atoms with E-state index in [1.54, 1.807) is 19.1 Å². The second kappa shape index (κ2) is 6.54. The number of hydrogen-bond acceptors (Lipinski definition) is 4. The van der Waals surface area contributed by atoms with Crippen LogP contribution in [0.15, 0.2) is 39.6 Å². The number of carbonyl (C=O) groups excluding carboxylic acids is 1. The number of rotatable bonds is 5. The van der Waals surface area contributed by atoms with Crippen LogP contribution in [0.3, 0.4) is 0 Å². The second-order valence-electron chi connectivity index (χ2n) is 5.28. The third-order valence-corrected chi connectivity index (χ3v) is 4.57. The Balaban J connectivity index is 2.16. The smallest absolute Gasteiger partial charge is 0.287 e. The largest absolute Gasteiger partial charge is 0.456 e. The van der Waals surface area contributed by atoms with E-state index in [1.165, 1.54) is 12.1 Å². The molecule has 0 unspecified atom stereocenters. The monoisotopic (exact) mass is 339 g/mol. The standard InChI is InChI=1S/C16H18FNO4S/c1-4-12-6-7-14(22-12)16(19)18-10(2)11-5-8-15(13(17)9-11)23(3,20)21/h5-10H,4H2,1-3H3,(H,18,19)/t10-/m0/s1. The van der Waals surface area contributed by atoms with Crippen LogP contribution in [-0.4, -0.2) is 20.6 Å². The summed E-state index contributed by atoms with van der Waals surface area (Å²) < 4.78 is 42.1. The van der Waals surface area contributed by atoms with Gasteiger partial charge >= 0.3 is 0 Å². The van der Waals surface area contributed by atoms with E-state index in [-0.39, 0.29) is 10.7 Å². The third-order valence-electron chi connectivity index (χ3n) is 3.44. The van der Waals surface area contributed by atoms with Crippen LogP contribution in [-0.2, 0) is 16.3 Å². The van der Waals surface area contributed by atoms with Gasteiger partial charge in [0.05, 0.1) is 6.04 Å². The van der Waals surface area contributed by atoms with Crippen molar-refractivity contribution in [3.8, 4) is 0 Å². The van der Waals surface area contributed by atoms with Gasteiger partial charge in [-0.05, 0) is 36.8 Å². The molecule has 0 saturated carbocycles. The van der Waals surface area contributed by atoms with E-state index in [0.29, 0.717) is 17.7 Å². The van der Waals surface area contributed by atoms with Gasteiger partial charge in [0.1, 0.15) is 16.5 Å². The topological polar surface area (TPSA) is 76.4 Å². The predicted octanol–water partition coefficient (Wildman–Crippen LogP) is 2.88. The number of benzene rings is 1. The van der Waals surface area contributed by atoms with Crippen LogP contribution in [0, 0.1) is 5.82 Å². The van der Waals surface area contributed by atoms with E-state index in [2.05, 4.69) is 5.32 Å². The van der Waals surface area contributed by atoms with E-state index in [9.17, 15) is 17.6 Å². The SMILES string of the molecule is CCc1ccc(C(=O)N[C@@H](C)c2ccc(S(C)(=O)=O)c(F)c2)o1. The van der Waals surface area contributed by atoms with E-state index in [4.69, 9.17) is 4.42 Å². The number of aryl methyl sites for hydroxylation is 1. The van der Waals surface area contributed by atoms with Gasteiger partial charge in [0.15, 0.2) is 15.6 Å². The number of amides is 1. The first-order valence-electron chi connectivity index (χ1n) is 7.11. The van der Waals surface area contributed by atoms with Crippen molar-refractivity contribution in [2.75, 3.05) is 6.26 Å². The summed E-state index contributed by atoms with van der Waals surface area (Å²) in [5.41, 5.74) is 0.463. The number of nitrogens with one attached hydrogen (secondary N) is 1. The lowest BCUT2D eigenvalue weighted by atomic mass is 10.1. The lowest BCUT2D eigenvalue weighted by Gasteiger charge is -2.14. The highest BCUT2D eigenvalue weighted by molar-refractivity contribution is 7.90. The van der Waals surface area contributed by atoms with Gasteiger partial charge in [0.2, 0.25) is 0 Å². The molecule has 0 aliphatic heterocycles. The van der Waals surface area contributed by atoms with Crippen LogP contribution in [0.1, 0.15) is 41.8 Å². The zero-order valence-corrected chi connectivity index (χ0v) is 13.9. The van der Waals surface area contributed by atoms with Gasteiger partial charge in [-0.3, -0.25) is 4.79 Å². The molecular weight excluding hydrogens is 321 g/mol. The average Bonchev–Trinajstić information content (AvgIpc) is 2.94. The highest BCUT2D eigenvalue weighted by Gasteiger charge is 2.18. The molecule has 23 heavy (non-hydrogen) atoms. The van der Waals surface area contributed by atoms with Gasteiger partial charge in [0.25, 0.3) is 5.91 Å². The third kappa shape index (κ3) is 3.98. The molecule has 1 aromatic heterocycles. The molecule has 0 radical (unpaired) electrons. The van der Waals surface area contributed by atoms with E-state index >= 15 is 0 Å². The Kier molecular flexibility index (Phi) is 4.89. The van der Waals surface area contributed by atoms with Gasteiger partial charge in [0, 0.05) is 12.7 Å². The summed E-state index contributed by atoms with van der Waals surface area (Å²) >= 11 is 0. The van der Waals surface area contributed by atoms with Gasteiger partial charge in [-0.1, -0.05) is 13.0 Å². The van der Waals surface area contributed by atoms with Gasteiger partial charge < -0.3 is 9.73 Å². The lowest BCUT2D eigenvalue weighted by Crippen LogP contribution is -2.26. The Hall–Kier alpha value is -2.15. The fraction of sp³-hybridized carbons (Fsp3) is 0.312. The lowest BCUT2D eigenvalue weighted by molar-refractivity contribution is 0.0910. The zero-order valence-electron chi connectivity index (χ0n) is 13.1. The van der Waals surface area contributed by atoms with Crippen molar-refractivity contribution >= 4 is 15.7 Å². The molecule has 0 bridgehead atoms. The highest BCUT2D eigenvalue weighted by Crippen LogP contribution is 2.20. The Morgan fingerprint density at radius 2 is 2.00 bits per heavy atom. The molecule has 7 heteroatoms. The second-order valence-corrected chi connectivity index (χ2v) is 7.26. The van der Waals surface area contributed by atoms with E-state index in [0.717, 1.165) is 12.3 Å². The Labute approximate surface area is 134 Å². The predicted molar refractivity (Wildman–Crippen MR) is 83.5 cm³/mol. The van der Waals surface area contributed by atoms with Crippen LogP contribution in [0.5, 0.6) is 0 Å². The van der Waals surface area contributed by atoms with Crippen molar-refractivity contribution in [2.24, 2.45) is 0 Å². The first-order chi connectivity index (χ1) is 10.7. The molecule has 2 aromatic rings. The molecule has 0 saturated heterocycles. The fourth-order valence-electron chi connectivity index (χ4n) is 2.13. The number of halogens is 1. The molecule has 1 amide bonds. The molecule has 0 spiro atoms. The molecule has 2 rings (SSSR count). The van der Waals surface area contributed by atoms with Crippen molar-refractivity contribution in [3.63, 3.8) is 0 Å². The Morgan fingerprint density at radius 3 is 2.52 bits per heavy atom. The number of carbonyl (C=O) groups is 1. The summed E-state index contributed by atoms with van der Waals surface area (Å²) in [5.74, 6) is -0.365. The molecule has 1 N–H and O–H groups in total. The summed E-state index contributed by atoms with van der Waals surface area (Å²) in [7, 11) is -3.62. The van der Waals surface area contributed by atoms with Crippen LogP contribution in [0.2, 0.25) is 0 Å². The van der Waals surface area contributed by atoms with Crippen molar-refractivity contribution < 1.29 is 22.0 Å². The Morgan fingerprint density at radius 1 is 1.30 bits per heavy atom. The first kappa shape index (κ1) is 17.2. The summed E-state index contributed by atoms with van der Waals surface area (Å²) in [6.45, 7) is 3.59. The maximum Gasteiger partial charge on any atom is 0.287 e. The summed E-state index contributed by atoms with van der Waals surface area (Å²) in [5, 5.41) is 2.69. The molecule has 1 aromatic carbocycles. The molecule has 0 aliphatic carbocycles. The normalized spacial score (nSPS) is 12.9. The average molecular weight is 339 g/mol. The van der Waals surface area contributed by atoms with Crippen molar-refractivity contribution in [1.82, 2.24) is 5.32 Å². The first-order valence-corrected chi connectivity index (χ1v) is 9.00. The van der Waals surface area contributed by atoms with Crippen LogP contribution in [0.4, 0.5) is 4.39 Å². The van der Waals surface area contributed by atoms with Crippen LogP contribution < -0.4 is 5.32 Å². The maximum atomic E-state index is 13.9. The summed E-state index contributed by atoms with van der Waals surface area (Å²) in [6.07, 6.45) is 1.62. The van der Waals surface area contributed by atoms with Crippen molar-refractivity contribution in [1.29, 1.82) is 0 Å². The minimum atomic E-state index is -3.62. The molecule has 124 valence electrons. The maximum absolute atomic E-state index is 13.9. The zero-order chi connectivity index (χ0) is 17.2. The molecule has 5 nitrogen and oxygen atoms in total. The fourth-order valence-corrected chi connectivity index (χ4v) is 2.86. The highest BCUT2D eigenvalue weighted by atomic mass is 32.2. The number of sulfone groups is 1. The number of furan rings is 1. The van der Waals surface area contributed by atoms with Crippen LogP contribution >= 0.6 is 0 Å². The quantitative estimate of drug-likeness (QED) is 0.909. The minimum Gasteiger partial charge on any atom is -0.456 e. The van der Waals surface area contributed by atoms with Crippen molar-refractivity contribution in [3.05, 3.63) is 53.2 Å². The van der Waals surface area contributed by atoms with Crippen LogP contribution in [0.25, 0.3) is 0 Å². The Bertz CT molecular complexity index is 826.